The molecule has 0 amide bonds. The fourth-order valence-electron chi connectivity index (χ4n) is 3.60. The smallest absolute Gasteiger partial charge is 0.191 e. The zero-order valence-electron chi connectivity index (χ0n) is 18.0. The maximum Gasteiger partial charge on any atom is 0.191 e. The number of halogens is 1. The number of nitrogens with zero attached hydrogens (tertiary/aromatic N) is 3. The van der Waals surface area contributed by atoms with E-state index in [1.807, 2.05) is 20.0 Å². The predicted octanol–water partition coefficient (Wildman–Crippen LogP) is 3.65. The van der Waals surface area contributed by atoms with Crippen molar-refractivity contribution < 1.29 is 4.74 Å². The molecule has 2 heterocycles. The van der Waals surface area contributed by atoms with E-state index in [1.54, 1.807) is 7.11 Å². The molecular weight excluding hydrogens is 465 g/mol. The molecule has 1 aliphatic heterocycles. The first-order valence-electron chi connectivity index (χ1n) is 10.4. The molecule has 0 bridgehead atoms. The van der Waals surface area contributed by atoms with E-state index in [9.17, 15) is 0 Å². The van der Waals surface area contributed by atoms with Crippen molar-refractivity contribution in [2.75, 3.05) is 39.8 Å². The SMILES string of the molecule is CCNC(=NCc1ncc(C)c(OC)c1C)NCCCN1CCCCCC1.I. The van der Waals surface area contributed by atoms with Crippen LogP contribution in [-0.4, -0.2) is 55.7 Å². The monoisotopic (exact) mass is 503 g/mol. The van der Waals surface area contributed by atoms with Gasteiger partial charge in [-0.2, -0.15) is 0 Å². The Morgan fingerprint density at radius 1 is 1.18 bits per heavy atom. The molecule has 28 heavy (non-hydrogen) atoms. The zero-order chi connectivity index (χ0) is 19.5. The van der Waals surface area contributed by atoms with Gasteiger partial charge in [0.1, 0.15) is 5.75 Å². The highest BCUT2D eigenvalue weighted by Crippen LogP contribution is 2.24. The third-order valence-electron chi connectivity index (χ3n) is 5.12. The molecule has 160 valence electrons. The number of likely N-dealkylation sites (tertiary alicyclic amines) is 1. The van der Waals surface area contributed by atoms with E-state index in [4.69, 9.17) is 9.73 Å². The van der Waals surface area contributed by atoms with Gasteiger partial charge in [-0.1, -0.05) is 12.8 Å². The second kappa shape index (κ2) is 14.0. The zero-order valence-corrected chi connectivity index (χ0v) is 20.3. The van der Waals surface area contributed by atoms with Crippen LogP contribution in [0.1, 0.15) is 55.8 Å². The lowest BCUT2D eigenvalue weighted by Crippen LogP contribution is -2.39. The number of nitrogens with one attached hydrogen (secondary N) is 2. The van der Waals surface area contributed by atoms with E-state index in [0.717, 1.165) is 48.0 Å². The number of methoxy groups -OCH3 is 1. The Hall–Kier alpha value is -1.09. The normalized spacial score (nSPS) is 15.5. The molecule has 1 aliphatic rings. The summed E-state index contributed by atoms with van der Waals surface area (Å²) >= 11 is 0. The number of rotatable bonds is 8. The van der Waals surface area contributed by atoms with Crippen molar-refractivity contribution in [2.24, 2.45) is 4.99 Å². The fraction of sp³-hybridized carbons (Fsp3) is 0.714. The Morgan fingerprint density at radius 3 is 2.54 bits per heavy atom. The second-order valence-electron chi connectivity index (χ2n) is 7.28. The van der Waals surface area contributed by atoms with Crippen LogP contribution in [0.15, 0.2) is 11.2 Å². The molecule has 1 aromatic heterocycles. The van der Waals surface area contributed by atoms with Gasteiger partial charge in [-0.3, -0.25) is 4.98 Å². The number of ether oxygens (including phenoxy) is 1. The van der Waals surface area contributed by atoms with Gasteiger partial charge in [0, 0.05) is 30.4 Å². The average molecular weight is 503 g/mol. The van der Waals surface area contributed by atoms with Gasteiger partial charge >= 0.3 is 0 Å². The van der Waals surface area contributed by atoms with Gasteiger partial charge < -0.3 is 20.3 Å². The van der Waals surface area contributed by atoms with E-state index in [-0.39, 0.29) is 24.0 Å². The Morgan fingerprint density at radius 2 is 1.89 bits per heavy atom. The minimum Gasteiger partial charge on any atom is -0.496 e. The summed E-state index contributed by atoms with van der Waals surface area (Å²) in [5.74, 6) is 1.76. The Labute approximate surface area is 187 Å². The average Bonchev–Trinajstić information content (AvgIpc) is 2.93. The third kappa shape index (κ3) is 8.11. The van der Waals surface area contributed by atoms with Crippen LogP contribution in [0.25, 0.3) is 0 Å². The number of pyridine rings is 1. The van der Waals surface area contributed by atoms with Crippen LogP contribution in [0.3, 0.4) is 0 Å². The predicted molar refractivity (Wildman–Crippen MR) is 128 cm³/mol. The topological polar surface area (TPSA) is 61.8 Å². The van der Waals surface area contributed by atoms with Gasteiger partial charge in [0.2, 0.25) is 0 Å². The number of aromatic nitrogens is 1. The maximum absolute atomic E-state index is 5.49. The van der Waals surface area contributed by atoms with Crippen molar-refractivity contribution in [2.45, 2.75) is 59.4 Å². The maximum atomic E-state index is 5.49. The largest absolute Gasteiger partial charge is 0.496 e. The lowest BCUT2D eigenvalue weighted by atomic mass is 10.1. The highest BCUT2D eigenvalue weighted by molar-refractivity contribution is 14.0. The Balaban J connectivity index is 0.00000392. The van der Waals surface area contributed by atoms with Crippen molar-refractivity contribution in [1.29, 1.82) is 0 Å². The van der Waals surface area contributed by atoms with Crippen molar-refractivity contribution in [3.05, 3.63) is 23.0 Å². The number of hydrogen-bond acceptors (Lipinski definition) is 4. The van der Waals surface area contributed by atoms with Crippen LogP contribution >= 0.6 is 24.0 Å². The van der Waals surface area contributed by atoms with Gasteiger partial charge in [-0.25, -0.2) is 4.99 Å². The van der Waals surface area contributed by atoms with Crippen molar-refractivity contribution in [1.82, 2.24) is 20.5 Å². The molecular formula is C21H38IN5O. The molecule has 1 fully saturated rings. The Bertz CT molecular complexity index is 601. The van der Waals surface area contributed by atoms with Crippen LogP contribution in [0.4, 0.5) is 0 Å². The molecule has 6 nitrogen and oxygen atoms in total. The summed E-state index contributed by atoms with van der Waals surface area (Å²) in [5, 5.41) is 6.79. The number of hydrogen-bond donors (Lipinski definition) is 2. The highest BCUT2D eigenvalue weighted by atomic mass is 127. The second-order valence-corrected chi connectivity index (χ2v) is 7.28. The quantitative estimate of drug-likeness (QED) is 0.246. The van der Waals surface area contributed by atoms with Gasteiger partial charge in [0.25, 0.3) is 0 Å². The van der Waals surface area contributed by atoms with E-state index in [1.165, 1.54) is 45.3 Å². The molecule has 7 heteroatoms. The summed E-state index contributed by atoms with van der Waals surface area (Å²) in [7, 11) is 1.71. The van der Waals surface area contributed by atoms with E-state index >= 15 is 0 Å². The minimum absolute atomic E-state index is 0. The van der Waals surface area contributed by atoms with Crippen LogP contribution in [-0.2, 0) is 6.54 Å². The van der Waals surface area contributed by atoms with Crippen molar-refractivity contribution >= 4 is 29.9 Å². The fourth-order valence-corrected chi connectivity index (χ4v) is 3.60. The minimum atomic E-state index is 0. The first-order chi connectivity index (χ1) is 13.2. The molecule has 2 rings (SSSR count). The van der Waals surface area contributed by atoms with E-state index in [0.29, 0.717) is 6.54 Å². The lowest BCUT2D eigenvalue weighted by Gasteiger charge is -2.20. The molecule has 0 aliphatic carbocycles. The number of aliphatic imine (C=N–C) groups is 1. The van der Waals surface area contributed by atoms with E-state index in [2.05, 4.69) is 27.4 Å². The first-order valence-corrected chi connectivity index (χ1v) is 10.4. The molecule has 2 N–H and O–H groups in total. The van der Waals surface area contributed by atoms with Crippen molar-refractivity contribution in [3.8, 4) is 5.75 Å². The molecule has 1 aromatic rings. The van der Waals surface area contributed by atoms with Gasteiger partial charge in [0.05, 0.1) is 19.3 Å². The highest BCUT2D eigenvalue weighted by Gasteiger charge is 2.10. The summed E-state index contributed by atoms with van der Waals surface area (Å²) < 4.78 is 5.49. The molecule has 0 aromatic carbocycles. The summed E-state index contributed by atoms with van der Waals surface area (Å²) in [6, 6.07) is 0. The summed E-state index contributed by atoms with van der Waals surface area (Å²) in [6.07, 6.45) is 8.48. The number of aryl methyl sites for hydroxylation is 1. The van der Waals surface area contributed by atoms with Gasteiger partial charge in [-0.15, -0.1) is 24.0 Å². The molecule has 0 atom stereocenters. The standard InChI is InChI=1S/C21H37N5O.HI/c1-5-22-21(23-11-10-14-26-12-8-6-7-9-13-26)25-16-19-18(3)20(27-4)17(2)15-24-19;/h15H,5-14,16H2,1-4H3,(H2,22,23,25);1H. The lowest BCUT2D eigenvalue weighted by molar-refractivity contribution is 0.282. The molecule has 0 unspecified atom stereocenters. The van der Waals surface area contributed by atoms with Crippen LogP contribution < -0.4 is 15.4 Å². The van der Waals surface area contributed by atoms with E-state index < -0.39 is 0 Å². The molecule has 0 spiro atoms. The van der Waals surface area contributed by atoms with Gasteiger partial charge in [-0.05, 0) is 59.7 Å². The summed E-state index contributed by atoms with van der Waals surface area (Å²) in [6.45, 7) is 12.2. The summed E-state index contributed by atoms with van der Waals surface area (Å²) in [4.78, 5) is 11.8. The Kier molecular flexibility index (Phi) is 12.5. The summed E-state index contributed by atoms with van der Waals surface area (Å²) in [5.41, 5.74) is 3.08. The first kappa shape index (κ1) is 24.9. The third-order valence-corrected chi connectivity index (χ3v) is 5.12. The van der Waals surface area contributed by atoms with Crippen molar-refractivity contribution in [3.63, 3.8) is 0 Å². The number of guanidine groups is 1. The van der Waals surface area contributed by atoms with Crippen LogP contribution in [0, 0.1) is 13.8 Å². The molecule has 0 radical (unpaired) electrons. The van der Waals surface area contributed by atoms with Crippen LogP contribution in [0.5, 0.6) is 5.75 Å². The van der Waals surface area contributed by atoms with Gasteiger partial charge in [0.15, 0.2) is 5.96 Å². The molecule has 0 saturated carbocycles. The van der Waals surface area contributed by atoms with Crippen LogP contribution in [0.2, 0.25) is 0 Å². The molecule has 1 saturated heterocycles.